The molecule has 0 aliphatic carbocycles. The summed E-state index contributed by atoms with van der Waals surface area (Å²) < 4.78 is 0. The zero-order valence-corrected chi connectivity index (χ0v) is 13.2. The molecule has 3 nitrogen and oxygen atoms in total. The van der Waals surface area contributed by atoms with Crippen LogP contribution in [0, 0.1) is 0 Å². The Kier molecular flexibility index (Phi) is 3.65. The van der Waals surface area contributed by atoms with Crippen molar-refractivity contribution in [3.05, 3.63) is 59.7 Å². The second-order valence-corrected chi connectivity index (χ2v) is 6.44. The van der Waals surface area contributed by atoms with Gasteiger partial charge in [-0.25, -0.2) is 0 Å². The van der Waals surface area contributed by atoms with E-state index in [1.807, 2.05) is 67.3 Å². The van der Waals surface area contributed by atoms with Crippen LogP contribution >= 0.6 is 0 Å². The molecule has 1 aliphatic rings. The molecule has 2 N–H and O–H groups in total. The van der Waals surface area contributed by atoms with Crippen LogP contribution in [0.1, 0.15) is 31.4 Å². The van der Waals surface area contributed by atoms with Crippen molar-refractivity contribution in [2.24, 2.45) is 0 Å². The van der Waals surface area contributed by atoms with E-state index in [1.54, 1.807) is 0 Å². The van der Waals surface area contributed by atoms with E-state index in [-0.39, 0.29) is 5.91 Å². The van der Waals surface area contributed by atoms with Crippen LogP contribution < -0.4 is 10.6 Å². The third-order valence-electron chi connectivity index (χ3n) is 4.50. The Morgan fingerprint density at radius 1 is 1.14 bits per heavy atom. The molecule has 0 atom stereocenters. The molecular formula is C19H22N2O. The highest BCUT2D eigenvalue weighted by Gasteiger charge is 2.35. The van der Waals surface area contributed by atoms with Crippen molar-refractivity contribution in [2.75, 3.05) is 17.2 Å². The zero-order chi connectivity index (χ0) is 15.7. The molecule has 0 saturated heterocycles. The standard InChI is InChI=1S/C19H22N2O/c1-19(2,15-8-4-3-5-9-15)18(22)21-12-6-7-14-13-16(20)10-11-17(14)21/h3-5,8-11,13H,6-7,12,20H2,1-2H3. The lowest BCUT2D eigenvalue weighted by atomic mass is 9.82. The number of hydrogen-bond acceptors (Lipinski definition) is 2. The molecule has 0 fully saturated rings. The fraction of sp³-hybridized carbons (Fsp3) is 0.316. The lowest BCUT2D eigenvalue weighted by molar-refractivity contribution is -0.123. The van der Waals surface area contributed by atoms with Gasteiger partial charge in [0.25, 0.3) is 0 Å². The Morgan fingerprint density at radius 2 is 1.86 bits per heavy atom. The number of benzene rings is 2. The summed E-state index contributed by atoms with van der Waals surface area (Å²) in [5, 5.41) is 0. The van der Waals surface area contributed by atoms with Crippen molar-refractivity contribution in [1.29, 1.82) is 0 Å². The SMILES string of the molecule is CC(C)(C(=O)N1CCCc2cc(N)ccc21)c1ccccc1. The average molecular weight is 294 g/mol. The molecule has 0 spiro atoms. The van der Waals surface area contributed by atoms with E-state index in [0.29, 0.717) is 0 Å². The number of hydrogen-bond donors (Lipinski definition) is 1. The Hall–Kier alpha value is -2.29. The van der Waals surface area contributed by atoms with Crippen molar-refractivity contribution in [3.63, 3.8) is 0 Å². The number of nitrogens with zero attached hydrogens (tertiary/aromatic N) is 1. The Labute approximate surface area is 131 Å². The first-order valence-corrected chi connectivity index (χ1v) is 7.76. The first kappa shape index (κ1) is 14.6. The number of nitrogen functional groups attached to an aromatic ring is 1. The summed E-state index contributed by atoms with van der Waals surface area (Å²) in [7, 11) is 0. The van der Waals surface area contributed by atoms with Gasteiger partial charge in [0.1, 0.15) is 0 Å². The predicted molar refractivity (Wildman–Crippen MR) is 91.0 cm³/mol. The summed E-state index contributed by atoms with van der Waals surface area (Å²) in [6.07, 6.45) is 1.96. The molecule has 3 heteroatoms. The minimum absolute atomic E-state index is 0.143. The molecule has 22 heavy (non-hydrogen) atoms. The van der Waals surface area contributed by atoms with Gasteiger partial charge in [0, 0.05) is 17.9 Å². The van der Waals surface area contributed by atoms with E-state index in [2.05, 4.69) is 0 Å². The Balaban J connectivity index is 1.97. The third kappa shape index (κ3) is 2.47. The van der Waals surface area contributed by atoms with E-state index < -0.39 is 5.41 Å². The molecule has 1 aliphatic heterocycles. The molecule has 114 valence electrons. The molecule has 3 rings (SSSR count). The molecular weight excluding hydrogens is 272 g/mol. The van der Waals surface area contributed by atoms with Gasteiger partial charge in [-0.1, -0.05) is 30.3 Å². The van der Waals surface area contributed by atoms with Gasteiger partial charge in [0.15, 0.2) is 0 Å². The number of carbonyl (C=O) groups is 1. The summed E-state index contributed by atoms with van der Waals surface area (Å²) >= 11 is 0. The minimum atomic E-state index is -0.544. The molecule has 2 aromatic rings. The third-order valence-corrected chi connectivity index (χ3v) is 4.50. The molecule has 0 bridgehead atoms. The molecule has 1 amide bonds. The van der Waals surface area contributed by atoms with Crippen LogP contribution in [0.5, 0.6) is 0 Å². The van der Waals surface area contributed by atoms with Crippen LogP contribution in [0.3, 0.4) is 0 Å². The lowest BCUT2D eigenvalue weighted by Crippen LogP contribution is -2.45. The first-order chi connectivity index (χ1) is 10.5. The highest BCUT2D eigenvalue weighted by Crippen LogP contribution is 2.33. The largest absolute Gasteiger partial charge is 0.399 e. The van der Waals surface area contributed by atoms with Gasteiger partial charge < -0.3 is 10.6 Å². The van der Waals surface area contributed by atoms with Crippen LogP contribution in [-0.2, 0) is 16.6 Å². The normalized spacial score (nSPS) is 14.5. The molecule has 1 heterocycles. The van der Waals surface area contributed by atoms with Crippen molar-refractivity contribution >= 4 is 17.3 Å². The van der Waals surface area contributed by atoms with Gasteiger partial charge >= 0.3 is 0 Å². The average Bonchev–Trinajstić information content (AvgIpc) is 2.54. The topological polar surface area (TPSA) is 46.3 Å². The fourth-order valence-electron chi connectivity index (χ4n) is 3.14. The van der Waals surface area contributed by atoms with Crippen LogP contribution in [0.15, 0.2) is 48.5 Å². The number of fused-ring (bicyclic) bond motifs is 1. The highest BCUT2D eigenvalue weighted by molar-refractivity contribution is 6.01. The predicted octanol–water partition coefficient (Wildman–Crippen LogP) is 3.53. The van der Waals surface area contributed by atoms with Crippen LogP contribution in [0.2, 0.25) is 0 Å². The zero-order valence-electron chi connectivity index (χ0n) is 13.2. The van der Waals surface area contributed by atoms with Crippen molar-refractivity contribution in [3.8, 4) is 0 Å². The molecule has 0 unspecified atom stereocenters. The van der Waals surface area contributed by atoms with E-state index in [1.165, 1.54) is 5.56 Å². The number of carbonyl (C=O) groups excluding carboxylic acids is 1. The summed E-state index contributed by atoms with van der Waals surface area (Å²) in [5.74, 6) is 0.143. The minimum Gasteiger partial charge on any atom is -0.399 e. The van der Waals surface area contributed by atoms with Gasteiger partial charge in [0.05, 0.1) is 5.41 Å². The Morgan fingerprint density at radius 3 is 2.59 bits per heavy atom. The lowest BCUT2D eigenvalue weighted by Gasteiger charge is -2.36. The maximum Gasteiger partial charge on any atom is 0.237 e. The molecule has 0 radical (unpaired) electrons. The van der Waals surface area contributed by atoms with E-state index >= 15 is 0 Å². The number of amides is 1. The molecule has 0 aromatic heterocycles. The van der Waals surface area contributed by atoms with Gasteiger partial charge in [-0.15, -0.1) is 0 Å². The maximum absolute atomic E-state index is 13.2. The number of anilines is 2. The highest BCUT2D eigenvalue weighted by atomic mass is 16.2. The second-order valence-electron chi connectivity index (χ2n) is 6.44. The fourth-order valence-corrected chi connectivity index (χ4v) is 3.14. The van der Waals surface area contributed by atoms with Crippen molar-refractivity contribution < 1.29 is 4.79 Å². The van der Waals surface area contributed by atoms with E-state index in [4.69, 9.17) is 5.73 Å². The summed E-state index contributed by atoms with van der Waals surface area (Å²) in [6.45, 7) is 4.76. The summed E-state index contributed by atoms with van der Waals surface area (Å²) in [6, 6.07) is 15.8. The Bertz CT molecular complexity index is 692. The maximum atomic E-state index is 13.2. The van der Waals surface area contributed by atoms with Crippen LogP contribution in [0.4, 0.5) is 11.4 Å². The van der Waals surface area contributed by atoms with Gasteiger partial charge in [0.2, 0.25) is 5.91 Å². The quantitative estimate of drug-likeness (QED) is 0.861. The van der Waals surface area contributed by atoms with Gasteiger partial charge in [-0.3, -0.25) is 4.79 Å². The smallest absolute Gasteiger partial charge is 0.237 e. The number of nitrogens with two attached hydrogens (primary N) is 1. The second kappa shape index (κ2) is 5.48. The van der Waals surface area contributed by atoms with Gasteiger partial charge in [-0.05, 0) is 56.0 Å². The van der Waals surface area contributed by atoms with Gasteiger partial charge in [-0.2, -0.15) is 0 Å². The number of aryl methyl sites for hydroxylation is 1. The number of rotatable bonds is 2. The van der Waals surface area contributed by atoms with Crippen LogP contribution in [-0.4, -0.2) is 12.5 Å². The summed E-state index contributed by atoms with van der Waals surface area (Å²) in [5.41, 5.74) is 9.31. The van der Waals surface area contributed by atoms with Crippen LogP contribution in [0.25, 0.3) is 0 Å². The summed E-state index contributed by atoms with van der Waals surface area (Å²) in [4.78, 5) is 15.1. The van der Waals surface area contributed by atoms with Crippen molar-refractivity contribution in [2.45, 2.75) is 32.1 Å². The van der Waals surface area contributed by atoms with Crippen molar-refractivity contribution in [1.82, 2.24) is 0 Å². The van der Waals surface area contributed by atoms with E-state index in [0.717, 1.165) is 36.3 Å². The van der Waals surface area contributed by atoms with E-state index in [9.17, 15) is 4.79 Å². The first-order valence-electron chi connectivity index (χ1n) is 7.76. The molecule has 2 aromatic carbocycles. The monoisotopic (exact) mass is 294 g/mol. The molecule has 0 saturated carbocycles.